The molecule has 0 saturated carbocycles. The molecule has 0 amide bonds. The van der Waals surface area contributed by atoms with Crippen LogP contribution in [0.4, 0.5) is 0 Å². The molecule has 0 heterocycles. The summed E-state index contributed by atoms with van der Waals surface area (Å²) >= 11 is 5.90. The first-order valence-electron chi connectivity index (χ1n) is 8.90. The molecular formula is C22H20ClNO4S. The molecule has 0 unspecified atom stereocenters. The summed E-state index contributed by atoms with van der Waals surface area (Å²) in [6.07, 6.45) is 0.0781. The predicted molar refractivity (Wildman–Crippen MR) is 113 cm³/mol. The van der Waals surface area contributed by atoms with Crippen molar-refractivity contribution in [2.24, 2.45) is 0 Å². The number of carbonyl (C=O) groups is 1. The molecule has 0 aromatic heterocycles. The molecule has 0 saturated heterocycles. The van der Waals surface area contributed by atoms with E-state index in [9.17, 15) is 18.3 Å². The van der Waals surface area contributed by atoms with Gasteiger partial charge in [-0.15, -0.1) is 0 Å². The second-order valence-corrected chi connectivity index (χ2v) is 9.03. The van der Waals surface area contributed by atoms with Crippen LogP contribution >= 0.6 is 11.6 Å². The quantitative estimate of drug-likeness (QED) is 0.606. The first kappa shape index (κ1) is 21.0. The fourth-order valence-electron chi connectivity index (χ4n) is 3.00. The maximum absolute atomic E-state index is 13.0. The summed E-state index contributed by atoms with van der Waals surface area (Å²) in [5, 5.41) is 10.2. The van der Waals surface area contributed by atoms with Gasteiger partial charge in [0.2, 0.25) is 10.0 Å². The summed E-state index contributed by atoms with van der Waals surface area (Å²) in [7, 11) is -2.68. The summed E-state index contributed by atoms with van der Waals surface area (Å²) in [5.74, 6) is -1.20. The first-order valence-corrected chi connectivity index (χ1v) is 10.7. The molecule has 3 aromatic rings. The van der Waals surface area contributed by atoms with Crippen molar-refractivity contribution < 1.29 is 18.3 Å². The van der Waals surface area contributed by atoms with Gasteiger partial charge in [0, 0.05) is 12.1 Å². The van der Waals surface area contributed by atoms with E-state index in [4.69, 9.17) is 11.6 Å². The molecule has 7 heteroatoms. The van der Waals surface area contributed by atoms with Gasteiger partial charge in [-0.25, -0.2) is 8.42 Å². The lowest BCUT2D eigenvalue weighted by atomic mass is 10.1. The highest BCUT2D eigenvalue weighted by molar-refractivity contribution is 7.89. The highest BCUT2D eigenvalue weighted by Crippen LogP contribution is 2.25. The minimum Gasteiger partial charge on any atom is -0.480 e. The summed E-state index contributed by atoms with van der Waals surface area (Å²) in [6.45, 7) is 0. The second kappa shape index (κ2) is 8.78. The molecule has 0 bridgehead atoms. The van der Waals surface area contributed by atoms with Gasteiger partial charge in [0.1, 0.15) is 6.04 Å². The zero-order chi connectivity index (χ0) is 21.0. The molecule has 0 aliphatic rings. The van der Waals surface area contributed by atoms with Crippen LogP contribution in [0.5, 0.6) is 0 Å². The van der Waals surface area contributed by atoms with Gasteiger partial charge in [-0.05, 0) is 47.4 Å². The molecule has 29 heavy (non-hydrogen) atoms. The Labute approximate surface area is 175 Å². The molecule has 5 nitrogen and oxygen atoms in total. The number of nitrogens with zero attached hydrogens (tertiary/aromatic N) is 1. The van der Waals surface area contributed by atoms with Crippen molar-refractivity contribution in [1.82, 2.24) is 4.31 Å². The average molecular weight is 430 g/mol. The Morgan fingerprint density at radius 1 is 0.931 bits per heavy atom. The van der Waals surface area contributed by atoms with Crippen LogP contribution in [0, 0.1) is 0 Å². The summed E-state index contributed by atoms with van der Waals surface area (Å²) in [6, 6.07) is 21.3. The van der Waals surface area contributed by atoms with E-state index in [1.165, 1.54) is 19.2 Å². The molecule has 0 spiro atoms. The van der Waals surface area contributed by atoms with Crippen molar-refractivity contribution >= 4 is 27.6 Å². The third kappa shape index (κ3) is 4.85. The van der Waals surface area contributed by atoms with Gasteiger partial charge in [0.15, 0.2) is 0 Å². The number of carboxylic acids is 1. The van der Waals surface area contributed by atoms with E-state index in [1.807, 2.05) is 18.2 Å². The van der Waals surface area contributed by atoms with Crippen LogP contribution in [0.25, 0.3) is 11.1 Å². The van der Waals surface area contributed by atoms with Gasteiger partial charge in [-0.1, -0.05) is 66.2 Å². The Morgan fingerprint density at radius 3 is 1.97 bits per heavy atom. The maximum atomic E-state index is 13.0. The van der Waals surface area contributed by atoms with E-state index in [0.29, 0.717) is 5.02 Å². The highest BCUT2D eigenvalue weighted by Gasteiger charge is 2.32. The zero-order valence-corrected chi connectivity index (χ0v) is 17.3. The number of halogens is 1. The topological polar surface area (TPSA) is 74.7 Å². The number of aliphatic carboxylic acids is 1. The smallest absolute Gasteiger partial charge is 0.322 e. The number of carboxylic acid groups (broad SMARTS) is 1. The number of hydrogen-bond acceptors (Lipinski definition) is 3. The Kier molecular flexibility index (Phi) is 6.37. The number of likely N-dealkylation sites (N-methyl/N-ethyl adjacent to an activating group) is 1. The van der Waals surface area contributed by atoms with E-state index in [1.54, 1.807) is 48.5 Å². The van der Waals surface area contributed by atoms with E-state index in [2.05, 4.69) is 0 Å². The molecule has 1 N–H and O–H groups in total. The minimum absolute atomic E-state index is 0.0389. The SMILES string of the molecule is CN([C@H](Cc1ccccc1)C(=O)O)S(=O)(=O)c1ccc(-c2ccc(Cl)cc2)cc1. The summed E-state index contributed by atoms with van der Waals surface area (Å²) in [4.78, 5) is 11.8. The predicted octanol–water partition coefficient (Wildman–Crippen LogP) is 4.32. The molecule has 0 radical (unpaired) electrons. The van der Waals surface area contributed by atoms with Gasteiger partial charge in [0.25, 0.3) is 0 Å². The van der Waals surface area contributed by atoms with Crippen LogP contribution in [0.15, 0.2) is 83.8 Å². The molecule has 3 aromatic carbocycles. The largest absolute Gasteiger partial charge is 0.480 e. The maximum Gasteiger partial charge on any atom is 0.322 e. The normalized spacial score (nSPS) is 12.7. The van der Waals surface area contributed by atoms with Crippen LogP contribution < -0.4 is 0 Å². The molecule has 3 rings (SSSR count). The Bertz CT molecular complexity index is 1080. The lowest BCUT2D eigenvalue weighted by molar-refractivity contribution is -0.141. The fourth-order valence-corrected chi connectivity index (χ4v) is 4.44. The van der Waals surface area contributed by atoms with Crippen LogP contribution in [0.3, 0.4) is 0 Å². The lowest BCUT2D eigenvalue weighted by Crippen LogP contribution is -2.43. The summed E-state index contributed by atoms with van der Waals surface area (Å²) < 4.78 is 26.9. The molecule has 1 atom stereocenters. The molecule has 150 valence electrons. The van der Waals surface area contributed by atoms with E-state index in [0.717, 1.165) is 21.0 Å². The van der Waals surface area contributed by atoms with Crippen molar-refractivity contribution in [3.63, 3.8) is 0 Å². The van der Waals surface area contributed by atoms with E-state index in [-0.39, 0.29) is 11.3 Å². The molecule has 0 aliphatic carbocycles. The van der Waals surface area contributed by atoms with Gasteiger partial charge in [-0.2, -0.15) is 4.31 Å². The van der Waals surface area contributed by atoms with Crippen LogP contribution in [0.2, 0.25) is 5.02 Å². The summed E-state index contributed by atoms with van der Waals surface area (Å²) in [5.41, 5.74) is 2.49. The Hall–Kier alpha value is -2.67. The third-order valence-corrected chi connectivity index (χ3v) is 6.84. The van der Waals surface area contributed by atoms with Crippen molar-refractivity contribution in [3.8, 4) is 11.1 Å². The van der Waals surface area contributed by atoms with Crippen molar-refractivity contribution in [2.45, 2.75) is 17.4 Å². The van der Waals surface area contributed by atoms with Crippen molar-refractivity contribution in [3.05, 3.63) is 89.4 Å². The number of sulfonamides is 1. The van der Waals surface area contributed by atoms with Gasteiger partial charge < -0.3 is 5.11 Å². The number of benzene rings is 3. The van der Waals surface area contributed by atoms with Gasteiger partial charge in [-0.3, -0.25) is 4.79 Å². The van der Waals surface area contributed by atoms with E-state index >= 15 is 0 Å². The lowest BCUT2D eigenvalue weighted by Gasteiger charge is -2.24. The van der Waals surface area contributed by atoms with Crippen molar-refractivity contribution in [2.75, 3.05) is 7.05 Å². The molecule has 0 fully saturated rings. The van der Waals surface area contributed by atoms with Gasteiger partial charge >= 0.3 is 5.97 Å². The monoisotopic (exact) mass is 429 g/mol. The second-order valence-electron chi connectivity index (χ2n) is 6.60. The van der Waals surface area contributed by atoms with Crippen molar-refractivity contribution in [1.29, 1.82) is 0 Å². The zero-order valence-electron chi connectivity index (χ0n) is 15.7. The number of rotatable bonds is 7. The Morgan fingerprint density at radius 2 is 1.45 bits per heavy atom. The van der Waals surface area contributed by atoms with Crippen LogP contribution in [0.1, 0.15) is 5.56 Å². The number of hydrogen-bond donors (Lipinski definition) is 1. The van der Waals surface area contributed by atoms with Gasteiger partial charge in [0.05, 0.1) is 4.90 Å². The van der Waals surface area contributed by atoms with Crippen LogP contribution in [-0.2, 0) is 21.2 Å². The third-order valence-electron chi connectivity index (χ3n) is 4.70. The standard InChI is InChI=1S/C22H20ClNO4S/c1-24(21(22(25)26)15-16-5-3-2-4-6-16)29(27,28)20-13-9-18(10-14-20)17-7-11-19(23)12-8-17/h2-14,21H,15H2,1H3,(H,25,26)/t21-/m1/s1. The average Bonchev–Trinajstić information content (AvgIpc) is 2.72. The minimum atomic E-state index is -3.98. The van der Waals surface area contributed by atoms with E-state index < -0.39 is 22.0 Å². The molecular weight excluding hydrogens is 410 g/mol. The Balaban J connectivity index is 1.86. The molecule has 0 aliphatic heterocycles. The first-order chi connectivity index (χ1) is 13.8. The highest BCUT2D eigenvalue weighted by atomic mass is 35.5. The fraction of sp³-hybridized carbons (Fsp3) is 0.136. The van der Waals surface area contributed by atoms with Crippen LogP contribution in [-0.4, -0.2) is 36.9 Å².